The first-order valence-corrected chi connectivity index (χ1v) is 10.2. The van der Waals surface area contributed by atoms with Crippen LogP contribution < -0.4 is 0 Å². The third-order valence-corrected chi connectivity index (χ3v) is 6.12. The number of hydrogen-bond donors (Lipinski definition) is 0. The van der Waals surface area contributed by atoms with Crippen LogP contribution in [-0.4, -0.2) is 25.4 Å². The molecule has 26 heavy (non-hydrogen) atoms. The van der Waals surface area contributed by atoms with Crippen LogP contribution in [-0.2, 0) is 9.47 Å². The van der Waals surface area contributed by atoms with Crippen LogP contribution in [0.1, 0.15) is 44.6 Å². The second kappa shape index (κ2) is 9.60. The van der Waals surface area contributed by atoms with Crippen molar-refractivity contribution < 1.29 is 9.47 Å². The lowest BCUT2D eigenvalue weighted by Crippen LogP contribution is -2.41. The van der Waals surface area contributed by atoms with Crippen LogP contribution in [0.15, 0.2) is 36.9 Å². The lowest BCUT2D eigenvalue weighted by atomic mass is 9.73. The number of halogens is 1. The minimum Gasteiger partial charge on any atom is -0.372 e. The van der Waals surface area contributed by atoms with Gasteiger partial charge in [-0.25, -0.2) is 0 Å². The average molecular weight is 373 g/mol. The SMILES string of the molecule is C=CC(CC)[C@H]1CC[C@H](C2COC(C#Cc3ccc(Cl)cc3)CO2)CC1. The zero-order chi connectivity index (χ0) is 18.4. The molecule has 3 heteroatoms. The molecule has 2 aliphatic rings. The third kappa shape index (κ3) is 5.13. The van der Waals surface area contributed by atoms with Crippen molar-refractivity contribution in [1.82, 2.24) is 0 Å². The molecule has 3 rings (SSSR count). The highest BCUT2D eigenvalue weighted by molar-refractivity contribution is 6.30. The Morgan fingerprint density at radius 2 is 1.88 bits per heavy atom. The van der Waals surface area contributed by atoms with Crippen molar-refractivity contribution in [2.24, 2.45) is 17.8 Å². The molecule has 2 nitrogen and oxygen atoms in total. The summed E-state index contributed by atoms with van der Waals surface area (Å²) in [6.45, 7) is 7.49. The summed E-state index contributed by atoms with van der Waals surface area (Å²) < 4.78 is 12.1. The van der Waals surface area contributed by atoms with Gasteiger partial charge >= 0.3 is 0 Å². The lowest BCUT2D eigenvalue weighted by Gasteiger charge is -2.38. The zero-order valence-electron chi connectivity index (χ0n) is 15.6. The van der Waals surface area contributed by atoms with Gasteiger partial charge in [0.1, 0.15) is 6.10 Å². The zero-order valence-corrected chi connectivity index (χ0v) is 16.4. The highest BCUT2D eigenvalue weighted by atomic mass is 35.5. The maximum Gasteiger partial charge on any atom is 0.141 e. The van der Waals surface area contributed by atoms with E-state index in [0.717, 1.165) is 16.5 Å². The summed E-state index contributed by atoms with van der Waals surface area (Å²) in [4.78, 5) is 0. The van der Waals surface area contributed by atoms with E-state index in [1.807, 2.05) is 24.3 Å². The summed E-state index contributed by atoms with van der Waals surface area (Å²) >= 11 is 5.90. The van der Waals surface area contributed by atoms with Gasteiger partial charge in [0, 0.05) is 10.6 Å². The number of ether oxygens (including phenoxy) is 2. The Hall–Kier alpha value is -1.27. The summed E-state index contributed by atoms with van der Waals surface area (Å²) in [5, 5.41) is 0.726. The molecule has 3 atom stereocenters. The number of rotatable bonds is 4. The van der Waals surface area contributed by atoms with E-state index in [1.165, 1.54) is 32.1 Å². The molecule has 3 unspecified atom stereocenters. The molecule has 1 saturated carbocycles. The number of benzene rings is 1. The molecule has 1 aromatic rings. The summed E-state index contributed by atoms with van der Waals surface area (Å²) in [7, 11) is 0. The summed E-state index contributed by atoms with van der Waals surface area (Å²) in [5.74, 6) is 8.41. The van der Waals surface area contributed by atoms with E-state index in [2.05, 4.69) is 31.4 Å². The fraction of sp³-hybridized carbons (Fsp3) is 0.565. The fourth-order valence-electron chi connectivity index (χ4n) is 4.21. The van der Waals surface area contributed by atoms with E-state index < -0.39 is 0 Å². The molecule has 0 aromatic heterocycles. The lowest BCUT2D eigenvalue weighted by molar-refractivity contribution is -0.138. The fourth-order valence-corrected chi connectivity index (χ4v) is 4.33. The Morgan fingerprint density at radius 1 is 1.15 bits per heavy atom. The molecule has 0 spiro atoms. The van der Waals surface area contributed by atoms with Gasteiger partial charge in [-0.05, 0) is 74.1 Å². The minimum absolute atomic E-state index is 0.136. The molecule has 0 radical (unpaired) electrons. The van der Waals surface area contributed by atoms with Gasteiger partial charge in [0.15, 0.2) is 0 Å². The smallest absolute Gasteiger partial charge is 0.141 e. The van der Waals surface area contributed by atoms with Crippen molar-refractivity contribution >= 4 is 11.6 Å². The van der Waals surface area contributed by atoms with Crippen molar-refractivity contribution in [2.75, 3.05) is 13.2 Å². The van der Waals surface area contributed by atoms with Gasteiger partial charge in [-0.15, -0.1) is 6.58 Å². The van der Waals surface area contributed by atoms with Gasteiger partial charge in [-0.3, -0.25) is 0 Å². The number of hydrogen-bond acceptors (Lipinski definition) is 2. The van der Waals surface area contributed by atoms with Gasteiger partial charge < -0.3 is 9.47 Å². The molecule has 1 heterocycles. The van der Waals surface area contributed by atoms with Crippen molar-refractivity contribution in [2.45, 2.75) is 51.2 Å². The molecule has 1 saturated heterocycles. The van der Waals surface area contributed by atoms with Crippen molar-refractivity contribution in [3.63, 3.8) is 0 Å². The van der Waals surface area contributed by atoms with Crippen LogP contribution in [0.4, 0.5) is 0 Å². The topological polar surface area (TPSA) is 18.5 Å². The van der Waals surface area contributed by atoms with Crippen LogP contribution in [0.5, 0.6) is 0 Å². The van der Waals surface area contributed by atoms with Crippen molar-refractivity contribution in [3.05, 3.63) is 47.5 Å². The Labute approximate surface area is 162 Å². The van der Waals surface area contributed by atoms with Crippen molar-refractivity contribution in [3.8, 4) is 11.8 Å². The van der Waals surface area contributed by atoms with Gasteiger partial charge in [-0.2, -0.15) is 0 Å². The minimum atomic E-state index is -0.136. The highest BCUT2D eigenvalue weighted by Crippen LogP contribution is 2.37. The summed E-state index contributed by atoms with van der Waals surface area (Å²) in [5.41, 5.74) is 0.950. The second-order valence-corrected chi connectivity index (χ2v) is 7.89. The molecular formula is C23H29ClO2. The van der Waals surface area contributed by atoms with E-state index in [0.29, 0.717) is 25.0 Å². The van der Waals surface area contributed by atoms with Gasteiger partial charge in [0.25, 0.3) is 0 Å². The quantitative estimate of drug-likeness (QED) is 0.513. The highest BCUT2D eigenvalue weighted by Gasteiger charge is 2.33. The molecule has 140 valence electrons. The van der Waals surface area contributed by atoms with E-state index in [-0.39, 0.29) is 12.2 Å². The third-order valence-electron chi connectivity index (χ3n) is 5.87. The maximum atomic E-state index is 6.12. The van der Waals surface area contributed by atoms with Crippen molar-refractivity contribution in [1.29, 1.82) is 0 Å². The Morgan fingerprint density at radius 3 is 2.46 bits per heavy atom. The molecule has 0 amide bonds. The normalized spacial score (nSPS) is 30.1. The molecular weight excluding hydrogens is 344 g/mol. The second-order valence-electron chi connectivity index (χ2n) is 7.45. The van der Waals surface area contributed by atoms with Gasteiger partial charge in [-0.1, -0.05) is 36.4 Å². The molecule has 2 fully saturated rings. The first kappa shape index (κ1) is 19.5. The Kier molecular flexibility index (Phi) is 7.20. The maximum absolute atomic E-state index is 6.12. The van der Waals surface area contributed by atoms with Crippen LogP contribution in [0, 0.1) is 29.6 Å². The van der Waals surface area contributed by atoms with Gasteiger partial charge in [0.2, 0.25) is 0 Å². The predicted molar refractivity (Wildman–Crippen MR) is 107 cm³/mol. The Bertz CT molecular complexity index is 626. The monoisotopic (exact) mass is 372 g/mol. The molecule has 1 aromatic carbocycles. The average Bonchev–Trinajstić information content (AvgIpc) is 2.69. The van der Waals surface area contributed by atoms with Crippen LogP contribution >= 0.6 is 11.6 Å². The first-order chi connectivity index (χ1) is 12.7. The van der Waals surface area contributed by atoms with E-state index in [1.54, 1.807) is 0 Å². The first-order valence-electron chi connectivity index (χ1n) is 9.82. The predicted octanol–water partition coefficient (Wildman–Crippen LogP) is 5.49. The van der Waals surface area contributed by atoms with E-state index in [9.17, 15) is 0 Å². The van der Waals surface area contributed by atoms with Gasteiger partial charge in [0.05, 0.1) is 19.3 Å². The van der Waals surface area contributed by atoms with E-state index >= 15 is 0 Å². The Balaban J connectivity index is 1.44. The summed E-state index contributed by atoms with van der Waals surface area (Å²) in [6, 6.07) is 7.55. The van der Waals surface area contributed by atoms with Crippen LogP contribution in [0.3, 0.4) is 0 Å². The molecule has 0 bridgehead atoms. The molecule has 1 aliphatic carbocycles. The van der Waals surface area contributed by atoms with E-state index in [4.69, 9.17) is 21.1 Å². The molecule has 1 aliphatic heterocycles. The van der Waals surface area contributed by atoms with Crippen LogP contribution in [0.2, 0.25) is 5.02 Å². The standard InChI is InChI=1S/C23H29ClO2/c1-3-18(4-2)19-8-10-20(11-9-19)23-16-25-22(15-26-23)14-7-17-5-12-21(24)13-6-17/h3,5-6,12-13,18-20,22-23H,1,4,8-11,15-16H2,2H3/t18?,19-,20-,22?,23?. The number of allylic oxidation sites excluding steroid dienone is 1. The molecule has 0 N–H and O–H groups in total. The van der Waals surface area contributed by atoms with Crippen LogP contribution in [0.25, 0.3) is 0 Å². The summed E-state index contributed by atoms with van der Waals surface area (Å²) in [6.07, 6.45) is 8.50. The largest absolute Gasteiger partial charge is 0.372 e.